The highest BCUT2D eigenvalue weighted by Gasteiger charge is 2.20. The van der Waals surface area contributed by atoms with Crippen LogP contribution < -0.4 is 5.32 Å². The Labute approximate surface area is 430 Å². The number of esters is 1. The molecule has 1 amide bonds. The Morgan fingerprint density at radius 3 is 1.14 bits per heavy atom. The van der Waals surface area contributed by atoms with E-state index in [0.717, 1.165) is 51.4 Å². The van der Waals surface area contributed by atoms with Gasteiger partial charge in [-0.25, -0.2) is 0 Å². The van der Waals surface area contributed by atoms with Crippen LogP contribution in [0.4, 0.5) is 0 Å². The monoisotopic (exact) mass is 970 g/mol. The van der Waals surface area contributed by atoms with Crippen LogP contribution in [-0.4, -0.2) is 47.4 Å². The van der Waals surface area contributed by atoms with Gasteiger partial charge in [0.25, 0.3) is 0 Å². The molecule has 0 aromatic rings. The minimum Gasteiger partial charge on any atom is -0.466 e. The van der Waals surface area contributed by atoms with E-state index in [1.54, 1.807) is 0 Å². The summed E-state index contributed by atoms with van der Waals surface area (Å²) in [4.78, 5) is 24.5. The van der Waals surface area contributed by atoms with Crippen LogP contribution in [0.5, 0.6) is 0 Å². The van der Waals surface area contributed by atoms with Crippen LogP contribution in [0, 0.1) is 0 Å². The standard InChI is InChI=1S/C63H119NO5/c1-3-5-7-9-11-13-15-17-19-20-21-22-23-24-25-26-27-29-31-35-39-43-47-51-55-61(66)60(59-65)64-62(67)56-52-48-44-40-36-32-30-34-38-42-46-50-54-58-69-63(68)57-53-49-45-41-37-33-28-18-16-14-12-10-8-6-4-2/h18,28,32,36,44,48,60-61,65-66H,3-17,19-27,29-31,33-35,37-43,45-47,49-59H2,1-2H3,(H,64,67)/b28-18-,36-32-,48-44-. The number of carbonyl (C=O) groups is 2. The zero-order valence-electron chi connectivity index (χ0n) is 46.3. The summed E-state index contributed by atoms with van der Waals surface area (Å²) >= 11 is 0. The maximum absolute atomic E-state index is 12.5. The fourth-order valence-electron chi connectivity index (χ4n) is 9.45. The number of unbranched alkanes of at least 4 members (excludes halogenated alkanes) is 40. The summed E-state index contributed by atoms with van der Waals surface area (Å²) in [6.07, 6.45) is 73.0. The average molecular weight is 971 g/mol. The Kier molecular flexibility index (Phi) is 57.0. The molecular weight excluding hydrogens is 851 g/mol. The zero-order valence-corrected chi connectivity index (χ0v) is 46.3. The molecule has 0 radical (unpaired) electrons. The van der Waals surface area contributed by atoms with Crippen LogP contribution in [0.3, 0.4) is 0 Å². The van der Waals surface area contributed by atoms with Crippen molar-refractivity contribution in [2.75, 3.05) is 13.2 Å². The van der Waals surface area contributed by atoms with Gasteiger partial charge in [0.1, 0.15) is 0 Å². The van der Waals surface area contributed by atoms with E-state index in [0.29, 0.717) is 32.3 Å². The largest absolute Gasteiger partial charge is 0.466 e. The number of ether oxygens (including phenoxy) is 1. The van der Waals surface area contributed by atoms with Crippen LogP contribution in [0.1, 0.15) is 328 Å². The van der Waals surface area contributed by atoms with Gasteiger partial charge in [-0.1, -0.05) is 281 Å². The smallest absolute Gasteiger partial charge is 0.305 e. The van der Waals surface area contributed by atoms with Gasteiger partial charge in [0.05, 0.1) is 25.4 Å². The maximum Gasteiger partial charge on any atom is 0.305 e. The lowest BCUT2D eigenvalue weighted by Crippen LogP contribution is -2.45. The Morgan fingerprint density at radius 1 is 0.406 bits per heavy atom. The summed E-state index contributed by atoms with van der Waals surface area (Å²) < 4.78 is 5.46. The van der Waals surface area contributed by atoms with Crippen molar-refractivity contribution < 1.29 is 24.5 Å². The van der Waals surface area contributed by atoms with E-state index >= 15 is 0 Å². The molecule has 0 aromatic carbocycles. The summed E-state index contributed by atoms with van der Waals surface area (Å²) in [6, 6.07) is -0.587. The van der Waals surface area contributed by atoms with Crippen molar-refractivity contribution in [1.82, 2.24) is 5.32 Å². The average Bonchev–Trinajstić information content (AvgIpc) is 3.35. The fraction of sp³-hybridized carbons (Fsp3) is 0.873. The molecule has 0 rings (SSSR count). The number of rotatable bonds is 57. The van der Waals surface area contributed by atoms with Gasteiger partial charge in [-0.15, -0.1) is 0 Å². The topological polar surface area (TPSA) is 95.9 Å². The van der Waals surface area contributed by atoms with E-state index in [4.69, 9.17) is 4.74 Å². The first-order valence-electron chi connectivity index (χ1n) is 30.7. The summed E-state index contributed by atoms with van der Waals surface area (Å²) in [6.45, 7) is 4.90. The maximum atomic E-state index is 12.5. The highest BCUT2D eigenvalue weighted by Crippen LogP contribution is 2.17. The summed E-state index contributed by atoms with van der Waals surface area (Å²) in [5.74, 6) is -0.137. The molecule has 406 valence electrons. The van der Waals surface area contributed by atoms with E-state index in [2.05, 4.69) is 49.5 Å². The van der Waals surface area contributed by atoms with E-state index in [-0.39, 0.29) is 18.5 Å². The van der Waals surface area contributed by atoms with Crippen molar-refractivity contribution in [1.29, 1.82) is 0 Å². The first-order chi connectivity index (χ1) is 34.0. The second-order valence-corrected chi connectivity index (χ2v) is 21.0. The lowest BCUT2D eigenvalue weighted by molar-refractivity contribution is -0.143. The number of hydrogen-bond donors (Lipinski definition) is 3. The quantitative estimate of drug-likeness (QED) is 0.0321. The molecule has 0 aliphatic rings. The van der Waals surface area contributed by atoms with E-state index < -0.39 is 12.1 Å². The van der Waals surface area contributed by atoms with Crippen molar-refractivity contribution in [2.24, 2.45) is 0 Å². The molecule has 6 heteroatoms. The third-order valence-electron chi connectivity index (χ3n) is 14.2. The number of hydrogen-bond acceptors (Lipinski definition) is 5. The van der Waals surface area contributed by atoms with Crippen LogP contribution in [-0.2, 0) is 14.3 Å². The normalized spacial score (nSPS) is 12.8. The van der Waals surface area contributed by atoms with Crippen LogP contribution in [0.2, 0.25) is 0 Å². The van der Waals surface area contributed by atoms with Crippen molar-refractivity contribution in [2.45, 2.75) is 341 Å². The van der Waals surface area contributed by atoms with E-state index in [1.165, 1.54) is 238 Å². The highest BCUT2D eigenvalue weighted by molar-refractivity contribution is 5.76. The Balaban J connectivity index is 3.53. The molecule has 0 aromatic heterocycles. The lowest BCUT2D eigenvalue weighted by atomic mass is 10.0. The molecule has 6 nitrogen and oxygen atoms in total. The third-order valence-corrected chi connectivity index (χ3v) is 14.2. The minimum absolute atomic E-state index is 0.0243. The first-order valence-corrected chi connectivity index (χ1v) is 30.7. The molecule has 0 aliphatic carbocycles. The van der Waals surface area contributed by atoms with Gasteiger partial charge in [-0.05, 0) is 70.6 Å². The van der Waals surface area contributed by atoms with E-state index in [1.807, 2.05) is 6.08 Å². The van der Waals surface area contributed by atoms with Gasteiger partial charge in [-0.2, -0.15) is 0 Å². The van der Waals surface area contributed by atoms with Crippen LogP contribution >= 0.6 is 0 Å². The summed E-state index contributed by atoms with van der Waals surface area (Å²) in [5, 5.41) is 23.3. The molecule has 3 N–H and O–H groups in total. The second-order valence-electron chi connectivity index (χ2n) is 21.0. The molecular formula is C63H119NO5. The molecule has 69 heavy (non-hydrogen) atoms. The molecule has 0 bridgehead atoms. The Morgan fingerprint density at radius 2 is 0.739 bits per heavy atom. The van der Waals surface area contributed by atoms with E-state index in [9.17, 15) is 19.8 Å². The summed E-state index contributed by atoms with van der Waals surface area (Å²) in [7, 11) is 0. The van der Waals surface area contributed by atoms with Gasteiger partial charge in [0.15, 0.2) is 0 Å². The minimum atomic E-state index is -0.701. The third kappa shape index (κ3) is 55.2. The molecule has 2 unspecified atom stereocenters. The van der Waals surface area contributed by atoms with Crippen molar-refractivity contribution >= 4 is 11.9 Å². The predicted molar refractivity (Wildman–Crippen MR) is 301 cm³/mol. The van der Waals surface area contributed by atoms with Gasteiger partial charge >= 0.3 is 5.97 Å². The predicted octanol–water partition coefficient (Wildman–Crippen LogP) is 19.2. The summed E-state index contributed by atoms with van der Waals surface area (Å²) in [5.41, 5.74) is 0. The lowest BCUT2D eigenvalue weighted by Gasteiger charge is -2.22. The molecule has 0 aliphatic heterocycles. The van der Waals surface area contributed by atoms with Crippen molar-refractivity contribution in [3.8, 4) is 0 Å². The van der Waals surface area contributed by atoms with Gasteiger partial charge in [0.2, 0.25) is 5.91 Å². The molecule has 0 fully saturated rings. The van der Waals surface area contributed by atoms with Gasteiger partial charge < -0.3 is 20.3 Å². The highest BCUT2D eigenvalue weighted by atomic mass is 16.5. The fourth-order valence-corrected chi connectivity index (χ4v) is 9.45. The molecule has 0 saturated heterocycles. The molecule has 0 heterocycles. The molecule has 0 saturated carbocycles. The SMILES string of the molecule is CCCCCCCC/C=C\CCCCCCCC(=O)OCCCCCCCC/C=C\C/C=C\CCC(=O)NC(CO)C(O)CCCCCCCCCCCCCCCCCCCCCCCCCC. The van der Waals surface area contributed by atoms with Crippen LogP contribution in [0.15, 0.2) is 36.5 Å². The molecule has 2 atom stereocenters. The first kappa shape index (κ1) is 67.1. The number of nitrogens with one attached hydrogen (secondary N) is 1. The zero-order chi connectivity index (χ0) is 50.0. The van der Waals surface area contributed by atoms with Gasteiger partial charge in [-0.3, -0.25) is 9.59 Å². The van der Waals surface area contributed by atoms with Crippen LogP contribution in [0.25, 0.3) is 0 Å². The number of aliphatic hydroxyl groups excluding tert-OH is 2. The molecule has 0 spiro atoms. The second kappa shape index (κ2) is 58.6. The number of allylic oxidation sites excluding steroid dienone is 6. The Hall–Kier alpha value is -1.92. The number of carbonyl (C=O) groups excluding carboxylic acids is 2. The van der Waals surface area contributed by atoms with Crippen molar-refractivity contribution in [3.63, 3.8) is 0 Å². The Bertz CT molecular complexity index is 1120. The number of aliphatic hydroxyl groups is 2. The van der Waals surface area contributed by atoms with Gasteiger partial charge in [0, 0.05) is 12.8 Å². The number of amides is 1. The van der Waals surface area contributed by atoms with Crippen molar-refractivity contribution in [3.05, 3.63) is 36.5 Å².